The molecule has 1 heterocycles. The van der Waals surface area contributed by atoms with Crippen LogP contribution in [0.5, 0.6) is 0 Å². The Morgan fingerprint density at radius 3 is 2.87 bits per heavy atom. The highest BCUT2D eigenvalue weighted by Crippen LogP contribution is 2.17. The van der Waals surface area contributed by atoms with Crippen LogP contribution in [0.2, 0.25) is 0 Å². The fourth-order valence-electron chi connectivity index (χ4n) is 1.47. The third kappa shape index (κ3) is 3.00. The molecule has 0 spiro atoms. The molecule has 1 N–H and O–H groups in total. The van der Waals surface area contributed by atoms with E-state index in [9.17, 15) is 5.11 Å². The van der Waals surface area contributed by atoms with Crippen LogP contribution in [0.25, 0.3) is 0 Å². The van der Waals surface area contributed by atoms with Crippen LogP contribution in [0.1, 0.15) is 39.0 Å². The van der Waals surface area contributed by atoms with E-state index in [1.54, 1.807) is 10.9 Å². The number of ether oxygens (including phenoxy) is 1. The van der Waals surface area contributed by atoms with E-state index < -0.39 is 6.10 Å². The maximum Gasteiger partial charge on any atom is 0.123 e. The van der Waals surface area contributed by atoms with Crippen molar-refractivity contribution in [1.29, 1.82) is 0 Å². The number of aromatic nitrogens is 3. The molecule has 0 aliphatic heterocycles. The normalized spacial score (nSPS) is 15.2. The third-order valence-electron chi connectivity index (χ3n) is 2.26. The predicted octanol–water partition coefficient (Wildman–Crippen LogP) is 1.15. The lowest BCUT2D eigenvalue weighted by Gasteiger charge is -2.18. The standard InChI is InChI=1S/C10H19N3O2/c1-4-6-13-9(7-11-12-13)10(14)8(3)15-5-2/h7-8,10,14H,4-6H2,1-3H3. The smallest absolute Gasteiger partial charge is 0.123 e. The van der Waals surface area contributed by atoms with Gasteiger partial charge in [0.25, 0.3) is 0 Å². The van der Waals surface area contributed by atoms with Crippen LogP contribution < -0.4 is 0 Å². The largest absolute Gasteiger partial charge is 0.384 e. The molecule has 5 heteroatoms. The van der Waals surface area contributed by atoms with Gasteiger partial charge in [0.15, 0.2) is 0 Å². The van der Waals surface area contributed by atoms with Crippen molar-refractivity contribution in [3.8, 4) is 0 Å². The van der Waals surface area contributed by atoms with Gasteiger partial charge in [-0.25, -0.2) is 4.68 Å². The molecule has 2 atom stereocenters. The molecule has 2 unspecified atom stereocenters. The van der Waals surface area contributed by atoms with Crippen molar-refractivity contribution in [2.45, 2.75) is 45.9 Å². The van der Waals surface area contributed by atoms with Crippen LogP contribution in [0, 0.1) is 0 Å². The first-order chi connectivity index (χ1) is 7.20. The second-order valence-corrected chi connectivity index (χ2v) is 3.49. The number of aliphatic hydroxyl groups excluding tert-OH is 1. The molecule has 0 bridgehead atoms. The maximum atomic E-state index is 9.99. The first-order valence-corrected chi connectivity index (χ1v) is 5.38. The van der Waals surface area contributed by atoms with Crippen LogP contribution in [-0.2, 0) is 11.3 Å². The minimum Gasteiger partial charge on any atom is -0.384 e. The molecule has 0 aliphatic rings. The van der Waals surface area contributed by atoms with Crippen LogP contribution in [0.3, 0.4) is 0 Å². The molecule has 0 radical (unpaired) electrons. The van der Waals surface area contributed by atoms with Crippen LogP contribution >= 0.6 is 0 Å². The first-order valence-electron chi connectivity index (χ1n) is 5.38. The summed E-state index contributed by atoms with van der Waals surface area (Å²) in [6.07, 6.45) is 1.66. The quantitative estimate of drug-likeness (QED) is 0.770. The fraction of sp³-hybridized carbons (Fsp3) is 0.800. The van der Waals surface area contributed by atoms with E-state index in [1.165, 1.54) is 0 Å². The molecule has 15 heavy (non-hydrogen) atoms. The highest BCUT2D eigenvalue weighted by Gasteiger charge is 2.20. The Kier molecular flexibility index (Phi) is 4.71. The lowest BCUT2D eigenvalue weighted by Crippen LogP contribution is -2.21. The van der Waals surface area contributed by atoms with Gasteiger partial charge in [-0.05, 0) is 20.3 Å². The number of rotatable bonds is 6. The van der Waals surface area contributed by atoms with Crippen LogP contribution in [0.4, 0.5) is 0 Å². The highest BCUT2D eigenvalue weighted by molar-refractivity contribution is 5.01. The fourth-order valence-corrected chi connectivity index (χ4v) is 1.47. The third-order valence-corrected chi connectivity index (χ3v) is 2.26. The molecule has 0 saturated heterocycles. The first kappa shape index (κ1) is 12.1. The van der Waals surface area contributed by atoms with Crippen LogP contribution in [0.15, 0.2) is 6.20 Å². The number of hydrogen-bond acceptors (Lipinski definition) is 4. The number of nitrogens with zero attached hydrogens (tertiary/aromatic N) is 3. The number of aliphatic hydroxyl groups is 1. The second-order valence-electron chi connectivity index (χ2n) is 3.49. The molecule has 0 saturated carbocycles. The minimum absolute atomic E-state index is 0.232. The van der Waals surface area contributed by atoms with E-state index in [0.717, 1.165) is 18.7 Å². The van der Waals surface area contributed by atoms with Crippen molar-refractivity contribution in [2.75, 3.05) is 6.61 Å². The Hall–Kier alpha value is -0.940. The van der Waals surface area contributed by atoms with Gasteiger partial charge in [-0.3, -0.25) is 0 Å². The van der Waals surface area contributed by atoms with Gasteiger partial charge in [0.1, 0.15) is 6.10 Å². The molecule has 0 aliphatic carbocycles. The molecular weight excluding hydrogens is 194 g/mol. The summed E-state index contributed by atoms with van der Waals surface area (Å²) in [4.78, 5) is 0. The number of aryl methyl sites for hydroxylation is 1. The summed E-state index contributed by atoms with van der Waals surface area (Å²) < 4.78 is 7.06. The van der Waals surface area contributed by atoms with Gasteiger partial charge in [-0.15, -0.1) is 5.10 Å². The summed E-state index contributed by atoms with van der Waals surface area (Å²) in [6, 6.07) is 0. The van der Waals surface area contributed by atoms with Crippen molar-refractivity contribution in [3.05, 3.63) is 11.9 Å². The Bertz CT molecular complexity index is 288. The van der Waals surface area contributed by atoms with E-state index in [-0.39, 0.29) is 6.10 Å². The zero-order chi connectivity index (χ0) is 11.3. The van der Waals surface area contributed by atoms with Crippen molar-refractivity contribution in [2.24, 2.45) is 0 Å². The minimum atomic E-state index is -0.661. The molecule has 0 fully saturated rings. The number of hydrogen-bond donors (Lipinski definition) is 1. The van der Waals surface area contributed by atoms with Crippen molar-refractivity contribution in [3.63, 3.8) is 0 Å². The Labute approximate surface area is 90.1 Å². The van der Waals surface area contributed by atoms with Gasteiger partial charge in [-0.1, -0.05) is 12.1 Å². The van der Waals surface area contributed by atoms with Gasteiger partial charge in [0.2, 0.25) is 0 Å². The average molecular weight is 213 g/mol. The molecular formula is C10H19N3O2. The lowest BCUT2D eigenvalue weighted by molar-refractivity contribution is -0.0265. The van der Waals surface area contributed by atoms with Gasteiger partial charge < -0.3 is 9.84 Å². The molecule has 0 amide bonds. The molecule has 1 aromatic rings. The topological polar surface area (TPSA) is 60.2 Å². The molecule has 0 aromatic carbocycles. The SMILES string of the molecule is CCCn1nncc1C(O)C(C)OCC. The maximum absolute atomic E-state index is 9.99. The van der Waals surface area contributed by atoms with E-state index in [1.807, 2.05) is 13.8 Å². The van der Waals surface area contributed by atoms with Crippen molar-refractivity contribution >= 4 is 0 Å². The van der Waals surface area contributed by atoms with Crippen molar-refractivity contribution < 1.29 is 9.84 Å². The molecule has 1 rings (SSSR count). The van der Waals surface area contributed by atoms with Gasteiger partial charge in [0.05, 0.1) is 18.0 Å². The summed E-state index contributed by atoms with van der Waals surface area (Å²) in [5.74, 6) is 0. The van der Waals surface area contributed by atoms with E-state index in [4.69, 9.17) is 4.74 Å². The van der Waals surface area contributed by atoms with Gasteiger partial charge in [-0.2, -0.15) is 0 Å². The summed E-state index contributed by atoms with van der Waals surface area (Å²) in [5, 5.41) is 17.7. The monoisotopic (exact) mass is 213 g/mol. The summed E-state index contributed by atoms with van der Waals surface area (Å²) in [5.41, 5.74) is 0.720. The zero-order valence-corrected chi connectivity index (χ0v) is 9.55. The average Bonchev–Trinajstić information content (AvgIpc) is 2.66. The van der Waals surface area contributed by atoms with Gasteiger partial charge in [0, 0.05) is 13.2 Å². The van der Waals surface area contributed by atoms with Crippen LogP contribution in [-0.4, -0.2) is 32.8 Å². The van der Waals surface area contributed by atoms with Gasteiger partial charge >= 0.3 is 0 Å². The second kappa shape index (κ2) is 5.82. The highest BCUT2D eigenvalue weighted by atomic mass is 16.5. The molecule has 1 aromatic heterocycles. The Morgan fingerprint density at radius 1 is 1.53 bits per heavy atom. The Balaban J connectivity index is 2.71. The van der Waals surface area contributed by atoms with E-state index >= 15 is 0 Å². The summed E-state index contributed by atoms with van der Waals surface area (Å²) >= 11 is 0. The van der Waals surface area contributed by atoms with E-state index in [0.29, 0.717) is 6.61 Å². The lowest BCUT2D eigenvalue weighted by atomic mass is 10.1. The zero-order valence-electron chi connectivity index (χ0n) is 9.55. The summed E-state index contributed by atoms with van der Waals surface area (Å²) in [7, 11) is 0. The summed E-state index contributed by atoms with van der Waals surface area (Å²) in [6.45, 7) is 7.17. The molecule has 86 valence electrons. The van der Waals surface area contributed by atoms with Crippen molar-refractivity contribution in [1.82, 2.24) is 15.0 Å². The molecule has 5 nitrogen and oxygen atoms in total. The predicted molar refractivity (Wildman–Crippen MR) is 56.4 cm³/mol. The Morgan fingerprint density at radius 2 is 2.27 bits per heavy atom. The van der Waals surface area contributed by atoms with E-state index in [2.05, 4.69) is 17.2 Å².